The second-order valence-corrected chi connectivity index (χ2v) is 7.88. The molecule has 0 fully saturated rings. The molecular weight excluding hydrogens is 381 g/mol. The van der Waals surface area contributed by atoms with Crippen molar-refractivity contribution in [2.24, 2.45) is 0 Å². The number of nitrogens with zero attached hydrogens (tertiary/aromatic N) is 1. The third-order valence-corrected chi connectivity index (χ3v) is 5.54. The predicted molar refractivity (Wildman–Crippen MR) is 98.6 cm³/mol. The van der Waals surface area contributed by atoms with Crippen molar-refractivity contribution < 1.29 is 17.6 Å². The minimum Gasteiger partial charge on any atom is -0.345 e. The van der Waals surface area contributed by atoms with E-state index in [0.717, 1.165) is 0 Å². The fourth-order valence-electron chi connectivity index (χ4n) is 2.61. The SMILES string of the molecule is CCCS(=O)(=O)Nc1ccc(Cl)c(C(=O)c2c[nH]c3ncccc23)c1F. The number of hydrogen-bond acceptors (Lipinski definition) is 4. The lowest BCUT2D eigenvalue weighted by Crippen LogP contribution is -2.18. The molecule has 0 aliphatic heterocycles. The molecule has 0 radical (unpaired) electrons. The van der Waals surface area contributed by atoms with Gasteiger partial charge < -0.3 is 4.98 Å². The molecule has 9 heteroatoms. The van der Waals surface area contributed by atoms with Crippen molar-refractivity contribution in [3.8, 4) is 0 Å². The van der Waals surface area contributed by atoms with Crippen molar-refractivity contribution in [3.63, 3.8) is 0 Å². The van der Waals surface area contributed by atoms with Crippen LogP contribution in [-0.2, 0) is 10.0 Å². The molecule has 0 saturated heterocycles. The lowest BCUT2D eigenvalue weighted by Gasteiger charge is -2.12. The zero-order chi connectivity index (χ0) is 18.9. The molecule has 136 valence electrons. The quantitative estimate of drug-likeness (QED) is 0.622. The van der Waals surface area contributed by atoms with Crippen LogP contribution in [0.2, 0.25) is 5.02 Å². The minimum atomic E-state index is -3.71. The van der Waals surface area contributed by atoms with Crippen LogP contribution in [-0.4, -0.2) is 29.9 Å². The van der Waals surface area contributed by atoms with Crippen LogP contribution in [0.15, 0.2) is 36.7 Å². The number of halogens is 2. The van der Waals surface area contributed by atoms with Crippen molar-refractivity contribution in [2.45, 2.75) is 13.3 Å². The van der Waals surface area contributed by atoms with E-state index in [1.54, 1.807) is 25.3 Å². The number of ketones is 1. The van der Waals surface area contributed by atoms with E-state index in [2.05, 4.69) is 14.7 Å². The molecular formula is C17H15ClFN3O3S. The lowest BCUT2D eigenvalue weighted by molar-refractivity contribution is 0.103. The van der Waals surface area contributed by atoms with Crippen LogP contribution in [0.25, 0.3) is 11.0 Å². The largest absolute Gasteiger partial charge is 0.345 e. The topological polar surface area (TPSA) is 91.9 Å². The Balaban J connectivity index is 2.07. The van der Waals surface area contributed by atoms with E-state index in [9.17, 15) is 17.6 Å². The minimum absolute atomic E-state index is 0.107. The van der Waals surface area contributed by atoms with E-state index in [4.69, 9.17) is 11.6 Å². The van der Waals surface area contributed by atoms with Gasteiger partial charge in [-0.1, -0.05) is 18.5 Å². The summed E-state index contributed by atoms with van der Waals surface area (Å²) in [5, 5.41) is 0.411. The van der Waals surface area contributed by atoms with Crippen molar-refractivity contribution >= 4 is 44.1 Å². The summed E-state index contributed by atoms with van der Waals surface area (Å²) in [7, 11) is -3.71. The highest BCUT2D eigenvalue weighted by Gasteiger charge is 2.24. The Kier molecular flexibility index (Phi) is 4.97. The maximum atomic E-state index is 14.9. The molecule has 1 aromatic carbocycles. The summed E-state index contributed by atoms with van der Waals surface area (Å²) in [6.07, 6.45) is 3.35. The zero-order valence-corrected chi connectivity index (χ0v) is 15.3. The zero-order valence-electron chi connectivity index (χ0n) is 13.7. The Labute approximate surface area is 154 Å². The highest BCUT2D eigenvalue weighted by atomic mass is 35.5. The first kappa shape index (κ1) is 18.3. The Hall–Kier alpha value is -2.45. The fraction of sp³-hybridized carbons (Fsp3) is 0.176. The van der Waals surface area contributed by atoms with Gasteiger partial charge in [0.05, 0.1) is 22.0 Å². The first-order valence-corrected chi connectivity index (χ1v) is 9.82. The van der Waals surface area contributed by atoms with Crippen LogP contribution in [0.4, 0.5) is 10.1 Å². The van der Waals surface area contributed by atoms with Crippen LogP contribution >= 0.6 is 11.6 Å². The number of aromatic amines is 1. The van der Waals surface area contributed by atoms with Gasteiger partial charge in [-0.05, 0) is 30.7 Å². The van der Waals surface area contributed by atoms with E-state index in [1.165, 1.54) is 18.3 Å². The summed E-state index contributed by atoms with van der Waals surface area (Å²) in [4.78, 5) is 19.8. The number of carbonyl (C=O) groups is 1. The Bertz CT molecular complexity index is 1100. The third kappa shape index (κ3) is 3.42. The van der Waals surface area contributed by atoms with Crippen LogP contribution in [0.5, 0.6) is 0 Å². The second kappa shape index (κ2) is 7.05. The van der Waals surface area contributed by atoms with Gasteiger partial charge in [-0.2, -0.15) is 0 Å². The Morgan fingerprint density at radius 1 is 1.35 bits per heavy atom. The molecule has 6 nitrogen and oxygen atoms in total. The van der Waals surface area contributed by atoms with Crippen LogP contribution in [0.1, 0.15) is 29.3 Å². The molecule has 0 aliphatic carbocycles. The van der Waals surface area contributed by atoms with Gasteiger partial charge in [0.1, 0.15) is 5.65 Å². The molecule has 26 heavy (non-hydrogen) atoms. The van der Waals surface area contributed by atoms with E-state index < -0.39 is 27.2 Å². The van der Waals surface area contributed by atoms with Crippen LogP contribution in [0, 0.1) is 5.82 Å². The number of rotatable bonds is 6. The normalized spacial score (nSPS) is 11.7. The molecule has 0 bridgehead atoms. The Morgan fingerprint density at radius 3 is 2.85 bits per heavy atom. The molecule has 2 aromatic heterocycles. The van der Waals surface area contributed by atoms with E-state index in [-0.39, 0.29) is 22.0 Å². The van der Waals surface area contributed by atoms with Crippen molar-refractivity contribution in [2.75, 3.05) is 10.5 Å². The smallest absolute Gasteiger partial charge is 0.232 e. The maximum Gasteiger partial charge on any atom is 0.232 e. The molecule has 3 aromatic rings. The molecule has 0 saturated carbocycles. The van der Waals surface area contributed by atoms with Gasteiger partial charge in [0.2, 0.25) is 10.0 Å². The number of fused-ring (bicyclic) bond motifs is 1. The molecule has 3 rings (SSSR count). The molecule has 0 aliphatic rings. The lowest BCUT2D eigenvalue weighted by atomic mass is 10.0. The summed E-state index contributed by atoms with van der Waals surface area (Å²) in [6.45, 7) is 1.69. The molecule has 2 N–H and O–H groups in total. The average molecular weight is 396 g/mol. The molecule has 0 atom stereocenters. The van der Waals surface area contributed by atoms with E-state index >= 15 is 0 Å². The van der Waals surface area contributed by atoms with Crippen LogP contribution in [0.3, 0.4) is 0 Å². The highest BCUT2D eigenvalue weighted by molar-refractivity contribution is 7.92. The monoisotopic (exact) mass is 395 g/mol. The third-order valence-electron chi connectivity index (χ3n) is 3.75. The summed E-state index contributed by atoms with van der Waals surface area (Å²) in [6, 6.07) is 5.80. The van der Waals surface area contributed by atoms with Crippen LogP contribution < -0.4 is 4.72 Å². The number of carbonyl (C=O) groups excluding carboxylic acids is 1. The Morgan fingerprint density at radius 2 is 2.12 bits per heavy atom. The van der Waals surface area contributed by atoms with Gasteiger partial charge in [-0.25, -0.2) is 17.8 Å². The standard InChI is InChI=1S/C17H15ClFN3O3S/c1-2-8-26(24,25)22-13-6-5-12(18)14(15(13)19)16(23)11-9-21-17-10(11)4-3-7-20-17/h3-7,9,22H,2,8H2,1H3,(H,20,21). The average Bonchev–Trinajstić information content (AvgIpc) is 3.01. The summed E-state index contributed by atoms with van der Waals surface area (Å²) < 4.78 is 40.9. The van der Waals surface area contributed by atoms with Gasteiger partial charge in [0.25, 0.3) is 0 Å². The predicted octanol–water partition coefficient (Wildman–Crippen LogP) is 3.74. The van der Waals surface area contributed by atoms with E-state index in [0.29, 0.717) is 17.5 Å². The van der Waals surface area contributed by atoms with Gasteiger partial charge in [-0.3, -0.25) is 9.52 Å². The summed E-state index contributed by atoms with van der Waals surface area (Å²) in [5.41, 5.74) is -0.0352. The number of nitrogens with one attached hydrogen (secondary N) is 2. The number of aromatic nitrogens is 2. The fourth-order valence-corrected chi connectivity index (χ4v) is 3.97. The first-order valence-electron chi connectivity index (χ1n) is 7.79. The number of H-pyrrole nitrogens is 1. The van der Waals surface area contributed by atoms with Crippen molar-refractivity contribution in [3.05, 3.63) is 58.6 Å². The first-order chi connectivity index (χ1) is 12.3. The maximum absolute atomic E-state index is 14.9. The summed E-state index contributed by atoms with van der Waals surface area (Å²) in [5.74, 6) is -1.84. The molecule has 0 spiro atoms. The molecule has 0 amide bonds. The number of anilines is 1. The molecule has 0 unspecified atom stereocenters. The summed E-state index contributed by atoms with van der Waals surface area (Å²) >= 11 is 6.03. The van der Waals surface area contributed by atoms with Crippen molar-refractivity contribution in [1.82, 2.24) is 9.97 Å². The van der Waals surface area contributed by atoms with E-state index in [1.807, 2.05) is 0 Å². The number of pyridine rings is 1. The van der Waals surface area contributed by atoms with Gasteiger partial charge in [0, 0.05) is 23.3 Å². The van der Waals surface area contributed by atoms with Gasteiger partial charge in [0.15, 0.2) is 11.6 Å². The highest BCUT2D eigenvalue weighted by Crippen LogP contribution is 2.30. The molecule has 2 heterocycles. The number of benzene rings is 1. The van der Waals surface area contributed by atoms with Gasteiger partial charge in [-0.15, -0.1) is 0 Å². The van der Waals surface area contributed by atoms with Gasteiger partial charge >= 0.3 is 0 Å². The number of sulfonamides is 1. The second-order valence-electron chi connectivity index (χ2n) is 5.64. The number of hydrogen-bond donors (Lipinski definition) is 2. The van der Waals surface area contributed by atoms with Crippen molar-refractivity contribution in [1.29, 1.82) is 0 Å².